The molecule has 1 aromatic carbocycles. The SMILES string of the molecule is CCNC(Cc1ccncc1)Cc1ccc(Cl)c(F)c1. The third-order valence-electron chi connectivity index (χ3n) is 3.19. The zero-order valence-corrected chi connectivity index (χ0v) is 12.2. The third-order valence-corrected chi connectivity index (χ3v) is 3.50. The summed E-state index contributed by atoms with van der Waals surface area (Å²) in [5, 5.41) is 3.61. The number of aromatic nitrogens is 1. The summed E-state index contributed by atoms with van der Waals surface area (Å²) in [6, 6.07) is 9.28. The molecule has 1 unspecified atom stereocenters. The van der Waals surface area contributed by atoms with Gasteiger partial charge in [0.25, 0.3) is 0 Å². The molecule has 0 aliphatic carbocycles. The summed E-state index contributed by atoms with van der Waals surface area (Å²) < 4.78 is 13.5. The van der Waals surface area contributed by atoms with E-state index in [9.17, 15) is 4.39 Å². The molecule has 1 atom stereocenters. The Bertz CT molecular complexity index is 545. The first-order valence-electron chi connectivity index (χ1n) is 6.75. The topological polar surface area (TPSA) is 24.9 Å². The molecule has 4 heteroatoms. The average molecular weight is 293 g/mol. The monoisotopic (exact) mass is 292 g/mol. The highest BCUT2D eigenvalue weighted by Gasteiger charge is 2.11. The van der Waals surface area contributed by atoms with E-state index in [1.807, 2.05) is 18.2 Å². The van der Waals surface area contributed by atoms with Gasteiger partial charge in [0.2, 0.25) is 0 Å². The van der Waals surface area contributed by atoms with E-state index < -0.39 is 0 Å². The first-order valence-corrected chi connectivity index (χ1v) is 7.13. The highest BCUT2D eigenvalue weighted by Crippen LogP contribution is 2.17. The molecule has 0 bridgehead atoms. The minimum absolute atomic E-state index is 0.169. The maximum Gasteiger partial charge on any atom is 0.142 e. The lowest BCUT2D eigenvalue weighted by Gasteiger charge is -2.18. The van der Waals surface area contributed by atoms with E-state index in [1.165, 1.54) is 11.6 Å². The fraction of sp³-hybridized carbons (Fsp3) is 0.312. The number of likely N-dealkylation sites (N-methyl/N-ethyl adjacent to an activating group) is 1. The quantitative estimate of drug-likeness (QED) is 0.879. The van der Waals surface area contributed by atoms with Gasteiger partial charge in [-0.3, -0.25) is 4.98 Å². The largest absolute Gasteiger partial charge is 0.314 e. The Balaban J connectivity index is 2.06. The molecule has 20 heavy (non-hydrogen) atoms. The first-order chi connectivity index (χ1) is 9.69. The highest BCUT2D eigenvalue weighted by molar-refractivity contribution is 6.30. The Labute approximate surface area is 124 Å². The Morgan fingerprint density at radius 3 is 2.50 bits per heavy atom. The van der Waals surface area contributed by atoms with Crippen molar-refractivity contribution in [2.24, 2.45) is 0 Å². The lowest BCUT2D eigenvalue weighted by molar-refractivity contribution is 0.519. The Morgan fingerprint density at radius 1 is 1.15 bits per heavy atom. The van der Waals surface area contributed by atoms with Crippen LogP contribution in [0.25, 0.3) is 0 Å². The van der Waals surface area contributed by atoms with Crippen LogP contribution in [0.3, 0.4) is 0 Å². The number of hydrogen-bond donors (Lipinski definition) is 1. The predicted molar refractivity (Wildman–Crippen MR) is 80.5 cm³/mol. The molecule has 1 heterocycles. The Hall–Kier alpha value is -1.45. The summed E-state index contributed by atoms with van der Waals surface area (Å²) in [5.74, 6) is -0.358. The maximum absolute atomic E-state index is 13.5. The molecule has 1 aromatic heterocycles. The normalized spacial score (nSPS) is 12.3. The number of nitrogens with one attached hydrogen (secondary N) is 1. The average Bonchev–Trinajstić information content (AvgIpc) is 2.44. The lowest BCUT2D eigenvalue weighted by atomic mass is 9.99. The Morgan fingerprint density at radius 2 is 1.85 bits per heavy atom. The van der Waals surface area contributed by atoms with Gasteiger partial charge in [-0.15, -0.1) is 0 Å². The van der Waals surface area contributed by atoms with Crippen LogP contribution in [0.5, 0.6) is 0 Å². The molecule has 0 amide bonds. The first kappa shape index (κ1) is 14.9. The minimum atomic E-state index is -0.358. The van der Waals surface area contributed by atoms with Gasteiger partial charge in [-0.1, -0.05) is 24.6 Å². The molecule has 0 spiro atoms. The molecule has 2 rings (SSSR count). The van der Waals surface area contributed by atoms with E-state index >= 15 is 0 Å². The van der Waals surface area contributed by atoms with Gasteiger partial charge in [-0.25, -0.2) is 4.39 Å². The van der Waals surface area contributed by atoms with Gasteiger partial charge >= 0.3 is 0 Å². The van der Waals surface area contributed by atoms with E-state index in [0.717, 1.165) is 24.9 Å². The highest BCUT2D eigenvalue weighted by atomic mass is 35.5. The van der Waals surface area contributed by atoms with Crippen molar-refractivity contribution in [2.75, 3.05) is 6.54 Å². The second-order valence-electron chi connectivity index (χ2n) is 4.77. The maximum atomic E-state index is 13.5. The third kappa shape index (κ3) is 4.29. The Kier molecular flexibility index (Phi) is 5.50. The van der Waals surface area contributed by atoms with E-state index in [2.05, 4.69) is 17.2 Å². The number of rotatable bonds is 6. The molecular weight excluding hydrogens is 275 g/mol. The van der Waals surface area contributed by atoms with Gasteiger partial charge in [0.1, 0.15) is 5.82 Å². The second kappa shape index (κ2) is 7.36. The van der Waals surface area contributed by atoms with Gasteiger partial charge in [-0.2, -0.15) is 0 Å². The van der Waals surface area contributed by atoms with Crippen LogP contribution in [0, 0.1) is 5.82 Å². The summed E-state index contributed by atoms with van der Waals surface area (Å²) in [5.41, 5.74) is 2.17. The van der Waals surface area contributed by atoms with Crippen molar-refractivity contribution in [1.82, 2.24) is 10.3 Å². The molecule has 106 valence electrons. The number of pyridine rings is 1. The number of halogens is 2. The van der Waals surface area contributed by atoms with Gasteiger partial charge in [0, 0.05) is 18.4 Å². The van der Waals surface area contributed by atoms with Crippen molar-refractivity contribution in [3.05, 3.63) is 64.7 Å². The zero-order chi connectivity index (χ0) is 14.4. The fourth-order valence-corrected chi connectivity index (χ4v) is 2.38. The molecular formula is C16H18ClFN2. The van der Waals surface area contributed by atoms with Crippen molar-refractivity contribution in [1.29, 1.82) is 0 Å². The van der Waals surface area contributed by atoms with E-state index in [-0.39, 0.29) is 16.9 Å². The number of benzene rings is 1. The van der Waals surface area contributed by atoms with E-state index in [4.69, 9.17) is 11.6 Å². The molecule has 0 radical (unpaired) electrons. The van der Waals surface area contributed by atoms with Crippen LogP contribution in [0.2, 0.25) is 5.02 Å². The fourth-order valence-electron chi connectivity index (χ4n) is 2.26. The summed E-state index contributed by atoms with van der Waals surface area (Å²) in [6.45, 7) is 2.95. The molecule has 2 aromatic rings. The van der Waals surface area contributed by atoms with Crippen molar-refractivity contribution in [2.45, 2.75) is 25.8 Å². The van der Waals surface area contributed by atoms with Gasteiger partial charge < -0.3 is 5.32 Å². The van der Waals surface area contributed by atoms with Crippen molar-refractivity contribution >= 4 is 11.6 Å². The van der Waals surface area contributed by atoms with Gasteiger partial charge in [0.15, 0.2) is 0 Å². The molecule has 0 saturated carbocycles. The summed E-state index contributed by atoms with van der Waals surface area (Å²) in [4.78, 5) is 4.02. The molecule has 0 fully saturated rings. The van der Waals surface area contributed by atoms with Crippen LogP contribution in [-0.4, -0.2) is 17.6 Å². The predicted octanol–water partition coefficient (Wildman–Crippen LogP) is 3.64. The molecule has 0 aliphatic heterocycles. The molecule has 2 nitrogen and oxygen atoms in total. The zero-order valence-electron chi connectivity index (χ0n) is 11.4. The standard InChI is InChI=1S/C16H18ClFN2/c1-2-20-14(9-12-5-7-19-8-6-12)10-13-3-4-15(17)16(18)11-13/h3-8,11,14,20H,2,9-10H2,1H3. The summed E-state index contributed by atoms with van der Waals surface area (Å²) in [6.07, 6.45) is 5.24. The van der Waals surface area contributed by atoms with Crippen molar-refractivity contribution in [3.8, 4) is 0 Å². The summed E-state index contributed by atoms with van der Waals surface area (Å²) >= 11 is 5.71. The molecule has 0 aliphatic rings. The van der Waals surface area contributed by atoms with Crippen LogP contribution >= 0.6 is 11.6 Å². The van der Waals surface area contributed by atoms with Crippen LogP contribution in [0.15, 0.2) is 42.7 Å². The van der Waals surface area contributed by atoms with Crippen LogP contribution in [-0.2, 0) is 12.8 Å². The van der Waals surface area contributed by atoms with Crippen LogP contribution in [0.4, 0.5) is 4.39 Å². The second-order valence-corrected chi connectivity index (χ2v) is 5.17. The van der Waals surface area contributed by atoms with Crippen LogP contribution < -0.4 is 5.32 Å². The molecule has 0 saturated heterocycles. The minimum Gasteiger partial charge on any atom is -0.314 e. The number of hydrogen-bond acceptors (Lipinski definition) is 2. The van der Waals surface area contributed by atoms with Crippen molar-refractivity contribution in [3.63, 3.8) is 0 Å². The van der Waals surface area contributed by atoms with Crippen LogP contribution in [0.1, 0.15) is 18.1 Å². The smallest absolute Gasteiger partial charge is 0.142 e. The van der Waals surface area contributed by atoms with Gasteiger partial charge in [0.05, 0.1) is 5.02 Å². The van der Waals surface area contributed by atoms with E-state index in [1.54, 1.807) is 18.5 Å². The number of nitrogens with zero attached hydrogens (tertiary/aromatic N) is 1. The van der Waals surface area contributed by atoms with Crippen molar-refractivity contribution < 1.29 is 4.39 Å². The molecule has 1 N–H and O–H groups in total. The summed E-state index contributed by atoms with van der Waals surface area (Å²) in [7, 11) is 0. The lowest BCUT2D eigenvalue weighted by Crippen LogP contribution is -2.33. The van der Waals surface area contributed by atoms with Gasteiger partial charge in [-0.05, 0) is 54.8 Å². The van der Waals surface area contributed by atoms with E-state index in [0.29, 0.717) is 0 Å².